The maximum Gasteiger partial charge on any atom is 0.334 e. The van der Waals surface area contributed by atoms with Crippen molar-refractivity contribution in [2.45, 2.75) is 32.5 Å². The molecule has 7 atom stereocenters. The lowest BCUT2D eigenvalue weighted by atomic mass is 9.92. The molecular weight excluding hydrogens is 284 g/mol. The van der Waals surface area contributed by atoms with Crippen LogP contribution in [0.2, 0.25) is 0 Å². The zero-order chi connectivity index (χ0) is 16.0. The van der Waals surface area contributed by atoms with Crippen LogP contribution in [-0.2, 0) is 23.8 Å². The summed E-state index contributed by atoms with van der Waals surface area (Å²) in [6, 6.07) is 0. The Morgan fingerprint density at radius 3 is 1.64 bits per heavy atom. The molecular formula is C17H22O5. The van der Waals surface area contributed by atoms with Crippen LogP contribution in [-0.4, -0.2) is 37.9 Å². The molecule has 4 saturated carbocycles. The van der Waals surface area contributed by atoms with Crippen LogP contribution in [0.25, 0.3) is 0 Å². The summed E-state index contributed by atoms with van der Waals surface area (Å²) in [5.41, 5.74) is 0.909. The van der Waals surface area contributed by atoms with Crippen LogP contribution in [0.4, 0.5) is 0 Å². The summed E-state index contributed by atoms with van der Waals surface area (Å²) in [4.78, 5) is 24.5. The first-order valence-electron chi connectivity index (χ1n) is 7.90. The molecule has 0 heterocycles. The van der Waals surface area contributed by atoms with Crippen molar-refractivity contribution in [3.8, 4) is 0 Å². The minimum Gasteiger partial charge on any atom is -0.466 e. The third-order valence-corrected chi connectivity index (χ3v) is 5.87. The lowest BCUT2D eigenvalue weighted by Gasteiger charge is -2.28. The van der Waals surface area contributed by atoms with E-state index in [2.05, 4.69) is 20.8 Å². The fraction of sp³-hybridized carbons (Fsp3) is 0.765. The molecule has 0 radical (unpaired) electrons. The van der Waals surface area contributed by atoms with E-state index in [1.165, 1.54) is 14.2 Å². The number of hydrogen-bond acceptors (Lipinski definition) is 5. The molecule has 5 aliphatic carbocycles. The zero-order valence-corrected chi connectivity index (χ0v) is 13.6. The average molecular weight is 306 g/mol. The molecule has 4 fully saturated rings. The Kier molecular flexibility index (Phi) is 2.68. The molecule has 2 unspecified atom stereocenters. The largest absolute Gasteiger partial charge is 0.466 e. The summed E-state index contributed by atoms with van der Waals surface area (Å²) in [5, 5.41) is 0. The normalized spacial score (nSPS) is 43.6. The average Bonchev–Trinajstić information content (AvgIpc) is 2.68. The topological polar surface area (TPSA) is 61.8 Å². The summed E-state index contributed by atoms with van der Waals surface area (Å²) >= 11 is 0. The van der Waals surface area contributed by atoms with E-state index in [9.17, 15) is 9.59 Å². The van der Waals surface area contributed by atoms with E-state index in [0.717, 1.165) is 0 Å². The van der Waals surface area contributed by atoms with Crippen molar-refractivity contribution in [1.29, 1.82) is 0 Å². The Labute approximate surface area is 130 Å². The maximum atomic E-state index is 12.2. The molecule has 0 amide bonds. The van der Waals surface area contributed by atoms with Gasteiger partial charge >= 0.3 is 11.9 Å². The standard InChI is InChI=1S/C17H22O5/c1-17(2,3)22-14-10-6-7(10)9-11(14)8(6)12(15(18)20-4)13(9)16(19)21-5/h6-11,14H,1-5H3/t6-,7+,8-,9-,10?,11?,14+/m1/s1. The van der Waals surface area contributed by atoms with Crippen molar-refractivity contribution < 1.29 is 23.8 Å². The molecule has 0 aromatic rings. The summed E-state index contributed by atoms with van der Waals surface area (Å²) in [6.07, 6.45) is 0.145. The number of methoxy groups -OCH3 is 2. The van der Waals surface area contributed by atoms with E-state index in [-0.39, 0.29) is 41.4 Å². The van der Waals surface area contributed by atoms with Crippen LogP contribution in [0.3, 0.4) is 0 Å². The van der Waals surface area contributed by atoms with Crippen LogP contribution < -0.4 is 0 Å². The van der Waals surface area contributed by atoms with Gasteiger partial charge in [0, 0.05) is 17.8 Å². The third-order valence-electron chi connectivity index (χ3n) is 5.87. The van der Waals surface area contributed by atoms with Crippen LogP contribution in [0, 0.1) is 35.5 Å². The summed E-state index contributed by atoms with van der Waals surface area (Å²) in [7, 11) is 2.74. The molecule has 5 heteroatoms. The van der Waals surface area contributed by atoms with Crippen LogP contribution in [0.1, 0.15) is 20.8 Å². The van der Waals surface area contributed by atoms with Gasteiger partial charge in [0.25, 0.3) is 0 Å². The smallest absolute Gasteiger partial charge is 0.334 e. The molecule has 120 valence electrons. The fourth-order valence-electron chi connectivity index (χ4n) is 5.59. The summed E-state index contributed by atoms with van der Waals surface area (Å²) in [5.74, 6) is 1.19. The van der Waals surface area contributed by atoms with Gasteiger partial charge < -0.3 is 14.2 Å². The molecule has 0 spiro atoms. The quantitative estimate of drug-likeness (QED) is 0.741. The second-order valence-electron chi connectivity index (χ2n) is 7.87. The van der Waals surface area contributed by atoms with E-state index >= 15 is 0 Å². The van der Waals surface area contributed by atoms with Gasteiger partial charge in [-0.2, -0.15) is 0 Å². The first-order valence-corrected chi connectivity index (χ1v) is 7.90. The van der Waals surface area contributed by atoms with Crippen LogP contribution in [0.5, 0.6) is 0 Å². The van der Waals surface area contributed by atoms with Gasteiger partial charge in [0.15, 0.2) is 0 Å². The monoisotopic (exact) mass is 306 g/mol. The lowest BCUT2D eigenvalue weighted by Crippen LogP contribution is -2.32. The van der Waals surface area contributed by atoms with Crippen molar-refractivity contribution in [3.63, 3.8) is 0 Å². The van der Waals surface area contributed by atoms with Gasteiger partial charge in [0.2, 0.25) is 0 Å². The highest BCUT2D eigenvalue weighted by molar-refractivity contribution is 6.03. The maximum absolute atomic E-state index is 12.2. The van der Waals surface area contributed by atoms with Crippen molar-refractivity contribution in [2.24, 2.45) is 35.5 Å². The van der Waals surface area contributed by atoms with E-state index in [1.54, 1.807) is 0 Å². The van der Waals surface area contributed by atoms with Crippen molar-refractivity contribution >= 4 is 11.9 Å². The second-order valence-corrected chi connectivity index (χ2v) is 7.87. The molecule has 5 aliphatic rings. The number of rotatable bonds is 3. The Hall–Kier alpha value is -1.36. The van der Waals surface area contributed by atoms with E-state index in [1.807, 2.05) is 0 Å². The van der Waals surface area contributed by atoms with E-state index in [0.29, 0.717) is 28.9 Å². The van der Waals surface area contributed by atoms with Gasteiger partial charge in [-0.15, -0.1) is 0 Å². The first kappa shape index (κ1) is 14.2. The molecule has 0 saturated heterocycles. The summed E-state index contributed by atoms with van der Waals surface area (Å²) < 4.78 is 16.2. The minimum atomic E-state index is -0.376. The second kappa shape index (κ2) is 4.13. The third kappa shape index (κ3) is 1.53. The predicted octanol–water partition coefficient (Wildman–Crippen LogP) is 1.56. The molecule has 22 heavy (non-hydrogen) atoms. The highest BCUT2D eigenvalue weighted by atomic mass is 16.5. The Balaban J connectivity index is 1.72. The Bertz CT molecular complexity index is 559. The summed E-state index contributed by atoms with van der Waals surface area (Å²) in [6.45, 7) is 6.16. The van der Waals surface area contributed by atoms with Gasteiger partial charge in [0.1, 0.15) is 0 Å². The molecule has 0 aromatic heterocycles. The van der Waals surface area contributed by atoms with Gasteiger partial charge in [-0.25, -0.2) is 9.59 Å². The highest BCUT2D eigenvalue weighted by Gasteiger charge is 2.83. The number of carbonyl (C=O) groups is 2. The van der Waals surface area contributed by atoms with Crippen LogP contribution >= 0.6 is 0 Å². The molecule has 0 N–H and O–H groups in total. The molecule has 6 bridgehead atoms. The van der Waals surface area contributed by atoms with Crippen LogP contribution in [0.15, 0.2) is 11.1 Å². The number of ether oxygens (including phenoxy) is 3. The van der Waals surface area contributed by atoms with Crippen molar-refractivity contribution in [3.05, 3.63) is 11.1 Å². The molecule has 5 rings (SSSR count). The first-order chi connectivity index (χ1) is 10.3. The Morgan fingerprint density at radius 1 is 0.818 bits per heavy atom. The number of hydrogen-bond donors (Lipinski definition) is 0. The number of carbonyl (C=O) groups excluding carboxylic acids is 2. The highest BCUT2D eigenvalue weighted by Crippen LogP contribution is 2.82. The molecule has 5 nitrogen and oxygen atoms in total. The predicted molar refractivity (Wildman–Crippen MR) is 76.6 cm³/mol. The van der Waals surface area contributed by atoms with E-state index in [4.69, 9.17) is 14.2 Å². The minimum absolute atomic E-state index is 0.119. The number of esters is 2. The van der Waals surface area contributed by atoms with Crippen molar-refractivity contribution in [2.75, 3.05) is 14.2 Å². The van der Waals surface area contributed by atoms with E-state index < -0.39 is 0 Å². The fourth-order valence-corrected chi connectivity index (χ4v) is 5.59. The van der Waals surface area contributed by atoms with Crippen molar-refractivity contribution in [1.82, 2.24) is 0 Å². The molecule has 0 aliphatic heterocycles. The SMILES string of the molecule is COC(=O)C1=C(C(=O)OC)[C@H]2C3[C@@H](OC(C)(C)C)C4[C@H]([C@H]42)[C@@H]13. The van der Waals surface area contributed by atoms with Gasteiger partial charge in [-0.1, -0.05) is 0 Å². The Morgan fingerprint density at radius 2 is 1.27 bits per heavy atom. The zero-order valence-electron chi connectivity index (χ0n) is 13.6. The van der Waals surface area contributed by atoms with Gasteiger partial charge in [0.05, 0.1) is 37.1 Å². The van der Waals surface area contributed by atoms with Gasteiger partial charge in [-0.3, -0.25) is 0 Å². The van der Waals surface area contributed by atoms with Gasteiger partial charge in [-0.05, 0) is 38.5 Å². The lowest BCUT2D eigenvalue weighted by molar-refractivity contribution is -0.140. The molecule has 0 aromatic carbocycles.